The SMILES string of the molecule is Fc1cc(-c2nc(CNC3CC3)no2)ccc1Br. The molecule has 3 rings (SSSR count). The van der Waals surface area contributed by atoms with Gasteiger partial charge in [0.1, 0.15) is 5.82 Å². The number of hydrogen-bond donors (Lipinski definition) is 1. The molecule has 1 fully saturated rings. The molecule has 0 amide bonds. The van der Waals surface area contributed by atoms with Gasteiger partial charge in [0.25, 0.3) is 5.89 Å². The summed E-state index contributed by atoms with van der Waals surface area (Å²) in [7, 11) is 0. The first-order chi connectivity index (χ1) is 8.72. The van der Waals surface area contributed by atoms with Crippen LogP contribution in [0.1, 0.15) is 18.7 Å². The Morgan fingerprint density at radius 1 is 1.44 bits per heavy atom. The minimum Gasteiger partial charge on any atom is -0.334 e. The standard InChI is InChI=1S/C12H11BrFN3O/c13-9-4-1-7(5-10(9)14)12-16-11(17-18-12)6-15-8-2-3-8/h1,4-5,8,15H,2-3,6H2. The third-order valence-electron chi connectivity index (χ3n) is 2.76. The largest absolute Gasteiger partial charge is 0.334 e. The van der Waals surface area contributed by atoms with E-state index >= 15 is 0 Å². The summed E-state index contributed by atoms with van der Waals surface area (Å²) in [6, 6.07) is 5.32. The molecule has 1 heterocycles. The summed E-state index contributed by atoms with van der Waals surface area (Å²) in [6.07, 6.45) is 2.42. The van der Waals surface area contributed by atoms with Crippen molar-refractivity contribution in [2.24, 2.45) is 0 Å². The molecule has 0 aliphatic heterocycles. The van der Waals surface area contributed by atoms with Gasteiger partial charge in [-0.25, -0.2) is 4.39 Å². The van der Waals surface area contributed by atoms with Crippen molar-refractivity contribution in [3.8, 4) is 11.5 Å². The van der Waals surface area contributed by atoms with E-state index in [4.69, 9.17) is 4.52 Å². The fourth-order valence-electron chi connectivity index (χ4n) is 1.60. The van der Waals surface area contributed by atoms with Crippen LogP contribution in [0.3, 0.4) is 0 Å². The lowest BCUT2D eigenvalue weighted by molar-refractivity contribution is 0.419. The lowest BCUT2D eigenvalue weighted by atomic mass is 10.2. The van der Waals surface area contributed by atoms with Gasteiger partial charge in [0.15, 0.2) is 5.82 Å². The van der Waals surface area contributed by atoms with Crippen LogP contribution in [0.2, 0.25) is 0 Å². The van der Waals surface area contributed by atoms with Crippen LogP contribution >= 0.6 is 15.9 Å². The molecule has 94 valence electrons. The van der Waals surface area contributed by atoms with E-state index in [1.165, 1.54) is 18.9 Å². The number of nitrogens with zero attached hydrogens (tertiary/aromatic N) is 2. The van der Waals surface area contributed by atoms with Crippen LogP contribution in [0.4, 0.5) is 4.39 Å². The predicted octanol–water partition coefficient (Wildman–Crippen LogP) is 2.89. The molecule has 1 aromatic carbocycles. The highest BCUT2D eigenvalue weighted by atomic mass is 79.9. The zero-order chi connectivity index (χ0) is 12.5. The van der Waals surface area contributed by atoms with Gasteiger partial charge < -0.3 is 9.84 Å². The molecule has 4 nitrogen and oxygen atoms in total. The molecule has 0 spiro atoms. The van der Waals surface area contributed by atoms with Crippen LogP contribution in [0, 0.1) is 5.82 Å². The highest BCUT2D eigenvalue weighted by molar-refractivity contribution is 9.10. The van der Waals surface area contributed by atoms with E-state index in [0.29, 0.717) is 34.3 Å². The zero-order valence-electron chi connectivity index (χ0n) is 9.49. The second-order valence-corrected chi connectivity index (χ2v) is 5.15. The van der Waals surface area contributed by atoms with E-state index in [2.05, 4.69) is 31.4 Å². The molecule has 0 bridgehead atoms. The van der Waals surface area contributed by atoms with Crippen molar-refractivity contribution < 1.29 is 8.91 Å². The van der Waals surface area contributed by atoms with E-state index in [0.717, 1.165) is 0 Å². The average Bonchev–Trinajstić information content (AvgIpc) is 3.08. The van der Waals surface area contributed by atoms with Gasteiger partial charge in [0.2, 0.25) is 0 Å². The van der Waals surface area contributed by atoms with Crippen molar-refractivity contribution in [1.29, 1.82) is 0 Å². The molecule has 1 saturated carbocycles. The molecule has 6 heteroatoms. The van der Waals surface area contributed by atoms with E-state index in [1.807, 2.05) is 0 Å². The summed E-state index contributed by atoms with van der Waals surface area (Å²) in [5.41, 5.74) is 0.584. The van der Waals surface area contributed by atoms with Crippen molar-refractivity contribution in [2.45, 2.75) is 25.4 Å². The number of hydrogen-bond acceptors (Lipinski definition) is 4. The summed E-state index contributed by atoms with van der Waals surface area (Å²) < 4.78 is 18.9. The Labute approximate surface area is 112 Å². The Balaban J connectivity index is 1.76. The van der Waals surface area contributed by atoms with Gasteiger partial charge in [-0.05, 0) is 47.0 Å². The zero-order valence-corrected chi connectivity index (χ0v) is 11.1. The van der Waals surface area contributed by atoms with Crippen LogP contribution in [0.15, 0.2) is 27.2 Å². The maximum absolute atomic E-state index is 13.4. The number of halogens is 2. The van der Waals surface area contributed by atoms with Crippen LogP contribution in [-0.4, -0.2) is 16.2 Å². The fraction of sp³-hybridized carbons (Fsp3) is 0.333. The normalized spacial score (nSPS) is 15.0. The minimum absolute atomic E-state index is 0.342. The van der Waals surface area contributed by atoms with E-state index < -0.39 is 0 Å². The summed E-state index contributed by atoms with van der Waals surface area (Å²) in [5.74, 6) is 0.595. The lowest BCUT2D eigenvalue weighted by Gasteiger charge is -1.97. The van der Waals surface area contributed by atoms with Crippen molar-refractivity contribution in [3.05, 3.63) is 34.3 Å². The molecule has 1 aromatic heterocycles. The Kier molecular flexibility index (Phi) is 3.13. The van der Waals surface area contributed by atoms with Crippen LogP contribution in [-0.2, 0) is 6.54 Å². The van der Waals surface area contributed by atoms with E-state index in [1.54, 1.807) is 12.1 Å². The van der Waals surface area contributed by atoms with E-state index in [-0.39, 0.29) is 5.82 Å². The molecule has 2 aromatic rings. The predicted molar refractivity (Wildman–Crippen MR) is 67.3 cm³/mol. The van der Waals surface area contributed by atoms with Crippen molar-refractivity contribution in [3.63, 3.8) is 0 Å². The first-order valence-corrected chi connectivity index (χ1v) is 6.53. The Hall–Kier alpha value is -1.27. The first kappa shape index (κ1) is 11.8. The Morgan fingerprint density at radius 3 is 3.00 bits per heavy atom. The van der Waals surface area contributed by atoms with Crippen molar-refractivity contribution >= 4 is 15.9 Å². The lowest BCUT2D eigenvalue weighted by Crippen LogP contribution is -2.16. The van der Waals surface area contributed by atoms with Crippen LogP contribution in [0.25, 0.3) is 11.5 Å². The summed E-state index contributed by atoms with van der Waals surface area (Å²) >= 11 is 3.10. The van der Waals surface area contributed by atoms with Gasteiger partial charge in [0, 0.05) is 11.6 Å². The highest BCUT2D eigenvalue weighted by Crippen LogP contribution is 2.23. The monoisotopic (exact) mass is 311 g/mol. The fourth-order valence-corrected chi connectivity index (χ4v) is 1.84. The van der Waals surface area contributed by atoms with Gasteiger partial charge in [-0.2, -0.15) is 4.98 Å². The molecule has 0 radical (unpaired) electrons. The summed E-state index contributed by atoms with van der Waals surface area (Å²) in [4.78, 5) is 4.23. The number of benzene rings is 1. The number of aromatic nitrogens is 2. The topological polar surface area (TPSA) is 51.0 Å². The average molecular weight is 312 g/mol. The second-order valence-electron chi connectivity index (χ2n) is 4.30. The van der Waals surface area contributed by atoms with Gasteiger partial charge >= 0.3 is 0 Å². The van der Waals surface area contributed by atoms with Crippen LogP contribution < -0.4 is 5.32 Å². The molecular weight excluding hydrogens is 301 g/mol. The molecule has 0 saturated heterocycles. The first-order valence-electron chi connectivity index (χ1n) is 5.74. The quantitative estimate of drug-likeness (QED) is 0.943. The molecule has 1 aliphatic carbocycles. The maximum atomic E-state index is 13.4. The molecule has 1 aliphatic rings. The molecule has 0 atom stereocenters. The van der Waals surface area contributed by atoms with Crippen LogP contribution in [0.5, 0.6) is 0 Å². The maximum Gasteiger partial charge on any atom is 0.258 e. The van der Waals surface area contributed by atoms with Crippen molar-refractivity contribution in [1.82, 2.24) is 15.5 Å². The molecule has 1 N–H and O–H groups in total. The van der Waals surface area contributed by atoms with Gasteiger partial charge in [0.05, 0.1) is 11.0 Å². The van der Waals surface area contributed by atoms with Gasteiger partial charge in [-0.1, -0.05) is 5.16 Å². The van der Waals surface area contributed by atoms with E-state index in [9.17, 15) is 4.39 Å². The van der Waals surface area contributed by atoms with Gasteiger partial charge in [-0.15, -0.1) is 0 Å². The molecule has 0 unspecified atom stereocenters. The van der Waals surface area contributed by atoms with Crippen molar-refractivity contribution in [2.75, 3.05) is 0 Å². The Morgan fingerprint density at radius 2 is 2.28 bits per heavy atom. The minimum atomic E-state index is -0.344. The van der Waals surface area contributed by atoms with Gasteiger partial charge in [-0.3, -0.25) is 0 Å². The Bertz CT molecular complexity index is 568. The molecule has 18 heavy (non-hydrogen) atoms. The number of rotatable bonds is 4. The summed E-state index contributed by atoms with van der Waals surface area (Å²) in [5, 5.41) is 7.15. The summed E-state index contributed by atoms with van der Waals surface area (Å²) in [6.45, 7) is 0.590. The molecular formula is C12H11BrFN3O. The third-order valence-corrected chi connectivity index (χ3v) is 3.40. The third kappa shape index (κ3) is 2.59. The number of nitrogens with one attached hydrogen (secondary N) is 1. The smallest absolute Gasteiger partial charge is 0.258 e. The highest BCUT2D eigenvalue weighted by Gasteiger charge is 2.21. The second kappa shape index (κ2) is 4.78.